The van der Waals surface area contributed by atoms with Crippen LogP contribution < -0.4 is 15.4 Å². The van der Waals surface area contributed by atoms with E-state index in [0.29, 0.717) is 19.0 Å². The van der Waals surface area contributed by atoms with Gasteiger partial charge in [0, 0.05) is 13.1 Å². The first kappa shape index (κ1) is 25.5. The highest BCUT2D eigenvalue weighted by Gasteiger charge is 2.24. The van der Waals surface area contributed by atoms with E-state index in [4.69, 9.17) is 14.1 Å². The molecule has 1 aromatic heterocycles. The topological polar surface area (TPSA) is 82.3 Å². The SMILES string of the molecule is CCNC(=NCC(c1ccco1)N1CCCCC1)NCC(O)c1ccc(OC)cc1.I. The minimum absolute atomic E-state index is 0. The third-order valence-electron chi connectivity index (χ3n) is 5.43. The summed E-state index contributed by atoms with van der Waals surface area (Å²) in [5.74, 6) is 2.42. The number of halogens is 1. The summed E-state index contributed by atoms with van der Waals surface area (Å²) in [6.45, 7) is 5.89. The molecule has 8 heteroatoms. The Labute approximate surface area is 202 Å². The summed E-state index contributed by atoms with van der Waals surface area (Å²) in [5, 5.41) is 17.1. The van der Waals surface area contributed by atoms with Gasteiger partial charge in [-0.2, -0.15) is 0 Å². The summed E-state index contributed by atoms with van der Waals surface area (Å²) in [6, 6.07) is 11.5. The van der Waals surface area contributed by atoms with Gasteiger partial charge in [-0.05, 0) is 62.7 Å². The van der Waals surface area contributed by atoms with Crippen LogP contribution >= 0.6 is 24.0 Å². The monoisotopic (exact) mass is 542 g/mol. The molecule has 2 aromatic rings. The molecule has 1 aromatic carbocycles. The van der Waals surface area contributed by atoms with Crippen molar-refractivity contribution in [1.29, 1.82) is 0 Å². The van der Waals surface area contributed by atoms with Crippen LogP contribution in [0, 0.1) is 0 Å². The van der Waals surface area contributed by atoms with Gasteiger partial charge in [-0.1, -0.05) is 18.6 Å². The van der Waals surface area contributed by atoms with Crippen LogP contribution in [0.25, 0.3) is 0 Å². The minimum atomic E-state index is -0.636. The number of likely N-dealkylation sites (tertiary alicyclic amines) is 1. The highest BCUT2D eigenvalue weighted by molar-refractivity contribution is 14.0. The molecular weight excluding hydrogens is 507 g/mol. The van der Waals surface area contributed by atoms with E-state index in [-0.39, 0.29) is 30.0 Å². The van der Waals surface area contributed by atoms with Crippen LogP contribution in [0.15, 0.2) is 52.1 Å². The van der Waals surface area contributed by atoms with Gasteiger partial charge in [0.15, 0.2) is 5.96 Å². The number of methoxy groups -OCH3 is 1. The third kappa shape index (κ3) is 7.69. The zero-order chi connectivity index (χ0) is 21.2. The van der Waals surface area contributed by atoms with Gasteiger partial charge in [-0.15, -0.1) is 24.0 Å². The molecular formula is C23H35IN4O3. The van der Waals surface area contributed by atoms with Crippen molar-refractivity contribution in [2.24, 2.45) is 4.99 Å². The largest absolute Gasteiger partial charge is 0.497 e. The van der Waals surface area contributed by atoms with Gasteiger partial charge in [-0.25, -0.2) is 0 Å². The summed E-state index contributed by atoms with van der Waals surface area (Å²) in [4.78, 5) is 7.26. The van der Waals surface area contributed by atoms with Crippen molar-refractivity contribution < 1.29 is 14.3 Å². The first-order valence-corrected chi connectivity index (χ1v) is 10.8. The smallest absolute Gasteiger partial charge is 0.191 e. The molecule has 0 aliphatic carbocycles. The van der Waals surface area contributed by atoms with Crippen LogP contribution in [-0.2, 0) is 0 Å². The number of benzene rings is 1. The second-order valence-electron chi connectivity index (χ2n) is 7.52. The van der Waals surface area contributed by atoms with Crippen molar-refractivity contribution in [1.82, 2.24) is 15.5 Å². The molecule has 172 valence electrons. The molecule has 3 rings (SSSR count). The van der Waals surface area contributed by atoms with E-state index in [1.165, 1.54) is 19.3 Å². The molecule has 1 saturated heterocycles. The van der Waals surface area contributed by atoms with E-state index >= 15 is 0 Å². The Morgan fingerprint density at radius 3 is 2.52 bits per heavy atom. The Bertz CT molecular complexity index is 762. The Balaban J connectivity index is 0.00000341. The van der Waals surface area contributed by atoms with E-state index in [9.17, 15) is 5.11 Å². The fraction of sp³-hybridized carbons (Fsp3) is 0.522. The van der Waals surface area contributed by atoms with Crippen molar-refractivity contribution >= 4 is 29.9 Å². The highest BCUT2D eigenvalue weighted by Crippen LogP contribution is 2.25. The molecule has 0 radical (unpaired) electrons. The van der Waals surface area contributed by atoms with Crippen LogP contribution in [0.5, 0.6) is 5.75 Å². The van der Waals surface area contributed by atoms with Gasteiger partial charge < -0.3 is 24.9 Å². The number of nitrogens with one attached hydrogen (secondary N) is 2. The zero-order valence-electron chi connectivity index (χ0n) is 18.4. The fourth-order valence-electron chi connectivity index (χ4n) is 3.75. The predicted molar refractivity (Wildman–Crippen MR) is 134 cm³/mol. The molecule has 2 atom stereocenters. The number of guanidine groups is 1. The lowest BCUT2D eigenvalue weighted by Gasteiger charge is -2.32. The molecule has 0 spiro atoms. The number of furan rings is 1. The van der Waals surface area contributed by atoms with Crippen molar-refractivity contribution in [2.75, 3.05) is 39.8 Å². The van der Waals surface area contributed by atoms with Crippen LogP contribution in [0.3, 0.4) is 0 Å². The molecule has 31 heavy (non-hydrogen) atoms. The minimum Gasteiger partial charge on any atom is -0.497 e. The maximum atomic E-state index is 10.5. The van der Waals surface area contributed by atoms with E-state index in [1.54, 1.807) is 13.4 Å². The standard InChI is InChI=1S/C23H34N4O3.HI/c1-3-24-23(26-17-21(28)18-9-11-19(29-2)12-10-18)25-16-20(22-8-7-15-30-22)27-13-5-4-6-14-27;/h7-12,15,20-21,28H,3-6,13-14,16-17H2,1-2H3,(H2,24,25,26);1H. The molecule has 0 bridgehead atoms. The summed E-state index contributed by atoms with van der Waals surface area (Å²) in [5.41, 5.74) is 0.834. The van der Waals surface area contributed by atoms with Crippen LogP contribution in [0.2, 0.25) is 0 Å². The predicted octanol–water partition coefficient (Wildman–Crippen LogP) is 3.72. The van der Waals surface area contributed by atoms with Gasteiger partial charge in [0.25, 0.3) is 0 Å². The lowest BCUT2D eigenvalue weighted by Crippen LogP contribution is -2.41. The highest BCUT2D eigenvalue weighted by atomic mass is 127. The van der Waals surface area contributed by atoms with Crippen LogP contribution in [0.1, 0.15) is 49.7 Å². The molecule has 1 aliphatic heterocycles. The van der Waals surface area contributed by atoms with Gasteiger partial charge >= 0.3 is 0 Å². The third-order valence-corrected chi connectivity index (χ3v) is 5.43. The number of hydrogen-bond acceptors (Lipinski definition) is 5. The second kappa shape index (κ2) is 13.6. The van der Waals surface area contributed by atoms with Gasteiger partial charge in [0.05, 0.1) is 32.1 Å². The number of hydrogen-bond donors (Lipinski definition) is 3. The number of aliphatic hydroxyl groups excluding tert-OH is 1. The zero-order valence-corrected chi connectivity index (χ0v) is 20.7. The van der Waals surface area contributed by atoms with Crippen molar-refractivity contribution in [3.05, 3.63) is 54.0 Å². The summed E-state index contributed by atoms with van der Waals surface area (Å²) in [6.07, 6.45) is 4.81. The number of rotatable bonds is 9. The molecule has 1 fully saturated rings. The number of piperidine rings is 1. The average molecular weight is 542 g/mol. The average Bonchev–Trinajstić information content (AvgIpc) is 3.32. The quantitative estimate of drug-likeness (QED) is 0.255. The van der Waals surface area contributed by atoms with Gasteiger partial charge in [-0.3, -0.25) is 9.89 Å². The Morgan fingerprint density at radius 1 is 1.16 bits per heavy atom. The first-order valence-electron chi connectivity index (χ1n) is 10.8. The number of ether oxygens (including phenoxy) is 1. The summed E-state index contributed by atoms with van der Waals surface area (Å²) >= 11 is 0. The van der Waals surface area contributed by atoms with Crippen molar-refractivity contribution in [3.8, 4) is 5.75 Å². The lowest BCUT2D eigenvalue weighted by molar-refractivity contribution is 0.150. The van der Waals surface area contributed by atoms with Crippen molar-refractivity contribution in [2.45, 2.75) is 38.3 Å². The molecule has 3 N–H and O–H groups in total. The molecule has 0 saturated carbocycles. The van der Waals surface area contributed by atoms with Gasteiger partial charge in [0.2, 0.25) is 0 Å². The van der Waals surface area contributed by atoms with E-state index in [2.05, 4.69) is 15.5 Å². The van der Waals surface area contributed by atoms with Gasteiger partial charge in [0.1, 0.15) is 11.5 Å². The molecule has 2 heterocycles. The Morgan fingerprint density at radius 2 is 1.90 bits per heavy atom. The van der Waals surface area contributed by atoms with E-state index in [1.807, 2.05) is 43.3 Å². The van der Waals surface area contributed by atoms with Crippen LogP contribution in [0.4, 0.5) is 0 Å². The Hall–Kier alpha value is -1.78. The second-order valence-corrected chi connectivity index (χ2v) is 7.52. The molecule has 1 aliphatic rings. The van der Waals surface area contributed by atoms with Crippen molar-refractivity contribution in [3.63, 3.8) is 0 Å². The molecule has 0 amide bonds. The number of aliphatic hydroxyl groups is 1. The normalized spacial score (nSPS) is 16.8. The fourth-order valence-corrected chi connectivity index (χ4v) is 3.75. The summed E-state index contributed by atoms with van der Waals surface area (Å²) < 4.78 is 10.9. The Kier molecular flexibility index (Phi) is 11.2. The number of nitrogens with zero attached hydrogens (tertiary/aromatic N) is 2. The maximum Gasteiger partial charge on any atom is 0.191 e. The molecule has 2 unspecified atom stereocenters. The maximum absolute atomic E-state index is 10.5. The number of aliphatic imine (C=N–C) groups is 1. The van der Waals surface area contributed by atoms with E-state index in [0.717, 1.165) is 36.7 Å². The lowest BCUT2D eigenvalue weighted by atomic mass is 10.1. The first-order chi connectivity index (χ1) is 14.7. The summed E-state index contributed by atoms with van der Waals surface area (Å²) in [7, 11) is 1.63. The van der Waals surface area contributed by atoms with Crippen LogP contribution in [-0.4, -0.2) is 55.8 Å². The van der Waals surface area contributed by atoms with E-state index < -0.39 is 6.10 Å². The molecule has 7 nitrogen and oxygen atoms in total.